The number of nitrogens with one attached hydrogen (secondary N) is 1. The summed E-state index contributed by atoms with van der Waals surface area (Å²) < 4.78 is 6.04. The topological polar surface area (TPSA) is 169 Å². The van der Waals surface area contributed by atoms with Gasteiger partial charge in [0.2, 0.25) is 0 Å². The Morgan fingerprint density at radius 3 is 2.51 bits per heavy atom. The fourth-order valence-electron chi connectivity index (χ4n) is 5.17. The maximum Gasteiger partial charge on any atom is 0.167 e. The molecule has 1 heterocycles. The van der Waals surface area contributed by atoms with E-state index < -0.39 is 12.5 Å². The lowest BCUT2D eigenvalue weighted by atomic mass is 9.72. The Bertz CT molecular complexity index is 1100. The van der Waals surface area contributed by atoms with Crippen LogP contribution in [0.4, 0.5) is 0 Å². The highest BCUT2D eigenvalue weighted by atomic mass is 16.3. The molecular weight excluding hydrogens is 478 g/mol. The van der Waals surface area contributed by atoms with Crippen LogP contribution in [0.2, 0.25) is 0 Å². The zero-order valence-corrected chi connectivity index (χ0v) is 21.8. The molecule has 6 N–H and O–H groups in total. The number of phenolic OH excluding ortho intramolecular Hbond substituents is 1. The molecule has 1 aromatic heterocycles. The Hall–Kier alpha value is -2.85. The normalized spacial score (nSPS) is 16.7. The van der Waals surface area contributed by atoms with E-state index in [-0.39, 0.29) is 69.1 Å². The predicted molar refractivity (Wildman–Crippen MR) is 142 cm³/mol. The number of fused-ring (bicyclic) bond motifs is 1. The van der Waals surface area contributed by atoms with Gasteiger partial charge in [-0.2, -0.15) is 0 Å². The second-order valence-corrected chi connectivity index (χ2v) is 10.1. The van der Waals surface area contributed by atoms with Gasteiger partial charge in [-0.15, -0.1) is 0 Å². The fourth-order valence-corrected chi connectivity index (χ4v) is 5.17. The van der Waals surface area contributed by atoms with E-state index in [2.05, 4.69) is 5.32 Å². The molecule has 9 nitrogen and oxygen atoms in total. The van der Waals surface area contributed by atoms with Crippen molar-refractivity contribution in [2.45, 2.75) is 65.5 Å². The molecule has 0 aliphatic heterocycles. The van der Waals surface area contributed by atoms with E-state index in [0.29, 0.717) is 42.3 Å². The average Bonchev–Trinajstić information content (AvgIpc) is 3.26. The van der Waals surface area contributed by atoms with E-state index in [9.17, 15) is 29.7 Å². The molecule has 0 amide bonds. The van der Waals surface area contributed by atoms with Crippen molar-refractivity contribution in [2.24, 2.45) is 17.8 Å². The van der Waals surface area contributed by atoms with E-state index in [1.165, 1.54) is 13.0 Å². The Morgan fingerprint density at radius 1 is 1.16 bits per heavy atom. The molecule has 0 saturated heterocycles. The van der Waals surface area contributed by atoms with Gasteiger partial charge in [-0.1, -0.05) is 13.8 Å². The van der Waals surface area contributed by atoms with Crippen molar-refractivity contribution >= 4 is 17.3 Å². The van der Waals surface area contributed by atoms with Crippen LogP contribution in [-0.4, -0.2) is 57.4 Å². The van der Waals surface area contributed by atoms with Crippen molar-refractivity contribution in [1.82, 2.24) is 5.32 Å². The third-order valence-corrected chi connectivity index (χ3v) is 6.89. The van der Waals surface area contributed by atoms with Crippen molar-refractivity contribution in [1.29, 1.82) is 0 Å². The van der Waals surface area contributed by atoms with Crippen molar-refractivity contribution < 1.29 is 42.4 Å². The molecule has 1 aliphatic rings. The van der Waals surface area contributed by atoms with Crippen LogP contribution in [0, 0.1) is 17.8 Å². The minimum atomic E-state index is -0.776. The molecule has 0 saturated carbocycles. The molecule has 0 spiro atoms. The van der Waals surface area contributed by atoms with Crippen LogP contribution in [-0.2, 0) is 22.6 Å². The molecule has 2 aromatic rings. The summed E-state index contributed by atoms with van der Waals surface area (Å²) in [7, 11) is 0. The lowest BCUT2D eigenvalue weighted by Gasteiger charge is -2.31. The number of benzene rings is 1. The SMILES string of the molecule is CC(=O)CC(=O)C(CO)C(CCO)CC1CC(=O)c2c(O)ccc(-c3ccc(CNC(C)C)o3)c2C1.O.[HH].[HH]. The van der Waals surface area contributed by atoms with Crippen LogP contribution in [0.25, 0.3) is 11.3 Å². The maximum atomic E-state index is 13.1. The van der Waals surface area contributed by atoms with Crippen molar-refractivity contribution in [3.05, 3.63) is 41.2 Å². The second kappa shape index (κ2) is 13.6. The second-order valence-electron chi connectivity index (χ2n) is 10.1. The molecule has 0 fully saturated rings. The zero-order chi connectivity index (χ0) is 26.4. The van der Waals surface area contributed by atoms with E-state index in [0.717, 1.165) is 11.3 Å². The summed E-state index contributed by atoms with van der Waals surface area (Å²) in [5.74, 6) is -0.805. The van der Waals surface area contributed by atoms with Crippen molar-refractivity contribution in [3.8, 4) is 17.1 Å². The van der Waals surface area contributed by atoms with E-state index in [1.807, 2.05) is 26.0 Å². The summed E-state index contributed by atoms with van der Waals surface area (Å²) >= 11 is 0. The van der Waals surface area contributed by atoms with E-state index >= 15 is 0 Å². The lowest BCUT2D eigenvalue weighted by molar-refractivity contribution is -0.131. The van der Waals surface area contributed by atoms with Gasteiger partial charge in [0.1, 0.15) is 28.8 Å². The number of aliphatic hydroxyl groups excluding tert-OH is 2. The van der Waals surface area contributed by atoms with E-state index in [1.54, 1.807) is 6.07 Å². The number of carbonyl (C=O) groups excluding carboxylic acids is 3. The smallest absolute Gasteiger partial charge is 0.167 e. The van der Waals surface area contributed by atoms with Gasteiger partial charge >= 0.3 is 0 Å². The van der Waals surface area contributed by atoms with Crippen molar-refractivity contribution in [3.63, 3.8) is 0 Å². The molecule has 0 bridgehead atoms. The van der Waals surface area contributed by atoms with Crippen LogP contribution < -0.4 is 5.32 Å². The number of Topliss-reactive ketones (excluding diaryl/α,β-unsaturated/α-hetero) is 3. The first-order valence-corrected chi connectivity index (χ1v) is 12.6. The molecule has 0 radical (unpaired) electrons. The number of phenols is 1. The minimum Gasteiger partial charge on any atom is -0.507 e. The zero-order valence-electron chi connectivity index (χ0n) is 21.8. The first kappa shape index (κ1) is 30.4. The first-order chi connectivity index (χ1) is 17.1. The van der Waals surface area contributed by atoms with Gasteiger partial charge in [-0.05, 0) is 67.9 Å². The number of rotatable bonds is 13. The van der Waals surface area contributed by atoms with Gasteiger partial charge in [0.05, 0.1) is 25.1 Å². The summed E-state index contributed by atoms with van der Waals surface area (Å²) in [4.78, 5) is 37.2. The largest absolute Gasteiger partial charge is 0.507 e. The third-order valence-electron chi connectivity index (χ3n) is 6.89. The highest BCUT2D eigenvalue weighted by molar-refractivity contribution is 6.03. The average molecular weight is 522 g/mol. The van der Waals surface area contributed by atoms with Crippen LogP contribution in [0.1, 0.15) is 71.0 Å². The van der Waals surface area contributed by atoms with E-state index in [4.69, 9.17) is 4.42 Å². The summed E-state index contributed by atoms with van der Waals surface area (Å²) in [6.45, 7) is 5.41. The molecule has 3 unspecified atom stereocenters. The predicted octanol–water partition coefficient (Wildman–Crippen LogP) is 3.11. The lowest BCUT2D eigenvalue weighted by Crippen LogP contribution is -2.32. The van der Waals surface area contributed by atoms with Gasteiger partial charge < -0.3 is 30.5 Å². The van der Waals surface area contributed by atoms with Crippen LogP contribution in [0.3, 0.4) is 0 Å². The summed E-state index contributed by atoms with van der Waals surface area (Å²) in [5.41, 5.74) is 1.74. The monoisotopic (exact) mass is 521 g/mol. The number of carbonyl (C=O) groups is 3. The summed E-state index contributed by atoms with van der Waals surface area (Å²) in [6, 6.07) is 7.30. The third kappa shape index (κ3) is 7.58. The standard InChI is InChI=1S/C28H37NO7.H2O.2H2/c1-16(2)29-14-20-4-7-27(36-20)21-5-6-24(33)28-22(21)12-18(13-26(28)35)11-19(8-9-30)23(15-31)25(34)10-17(3)32;;;/h4-7,16,18-19,23,29-31,33H,8-15H2,1-3H3;1H2;2*1H. The number of ketones is 3. The quantitative estimate of drug-likeness (QED) is 0.291. The van der Waals surface area contributed by atoms with Crippen LogP contribution >= 0.6 is 0 Å². The van der Waals surface area contributed by atoms with Gasteiger partial charge in [-0.25, -0.2) is 0 Å². The molecule has 1 aromatic carbocycles. The van der Waals surface area contributed by atoms with Crippen molar-refractivity contribution in [2.75, 3.05) is 13.2 Å². The Labute approximate surface area is 220 Å². The summed E-state index contributed by atoms with van der Waals surface area (Å²) in [5, 5.41) is 33.3. The first-order valence-electron chi connectivity index (χ1n) is 12.6. The summed E-state index contributed by atoms with van der Waals surface area (Å²) in [6.07, 6.45) is 1.12. The molecule has 37 heavy (non-hydrogen) atoms. The molecular formula is C28H43NO8. The fraction of sp³-hybridized carbons (Fsp3) is 0.536. The number of hydrogen-bond donors (Lipinski definition) is 4. The maximum absolute atomic E-state index is 13.1. The highest BCUT2D eigenvalue weighted by Gasteiger charge is 2.35. The van der Waals surface area contributed by atoms with Crippen LogP contribution in [0.15, 0.2) is 28.7 Å². The van der Waals surface area contributed by atoms with Gasteiger partial charge in [0, 0.05) is 33.4 Å². The molecule has 1 aliphatic carbocycles. The molecule has 208 valence electrons. The Kier molecular flexibility index (Phi) is 11.2. The van der Waals surface area contributed by atoms with Gasteiger partial charge in [0.25, 0.3) is 0 Å². The molecule has 3 rings (SSSR count). The number of aromatic hydroxyl groups is 1. The number of hydrogen-bond acceptors (Lipinski definition) is 8. The number of furan rings is 1. The minimum absolute atomic E-state index is 0. The molecule has 3 atom stereocenters. The van der Waals surface area contributed by atoms with Crippen LogP contribution in [0.5, 0.6) is 5.75 Å². The van der Waals surface area contributed by atoms with Gasteiger partial charge in [-0.3, -0.25) is 14.4 Å². The highest BCUT2D eigenvalue weighted by Crippen LogP contribution is 2.41. The molecule has 9 heteroatoms. The Balaban J connectivity index is 0.00000481. The number of aliphatic hydroxyl groups is 2. The Morgan fingerprint density at radius 2 is 1.89 bits per heavy atom. The van der Waals surface area contributed by atoms with Gasteiger partial charge in [0.15, 0.2) is 5.78 Å².